The Hall–Kier alpha value is -2.80. The number of nitrogens with one attached hydrogen (secondary N) is 1. The van der Waals surface area contributed by atoms with Crippen LogP contribution in [0.2, 0.25) is 10.0 Å². The molecule has 1 heterocycles. The molecule has 5 nitrogen and oxygen atoms in total. The number of hydrogen-bond acceptors (Lipinski definition) is 3. The zero-order valence-electron chi connectivity index (χ0n) is 15.9. The number of nitrogens with zero attached hydrogens (tertiary/aromatic N) is 1. The van der Waals surface area contributed by atoms with Crippen molar-refractivity contribution in [3.8, 4) is 5.75 Å². The lowest BCUT2D eigenvalue weighted by atomic mass is 10.1. The van der Waals surface area contributed by atoms with Gasteiger partial charge < -0.3 is 4.74 Å². The van der Waals surface area contributed by atoms with Gasteiger partial charge in [-0.2, -0.15) is 0 Å². The van der Waals surface area contributed by atoms with Crippen LogP contribution in [0, 0.1) is 0 Å². The second-order valence-electron chi connectivity index (χ2n) is 6.65. The van der Waals surface area contributed by atoms with Crippen LogP contribution in [0.15, 0.2) is 76.8 Å². The standard InChI is InChI=1S/C23H15BrCl2N2O3/c24-15-9-10-21(31-13-18-19(25)7-4-8-20(18)26)14(11-15)12-17-22(29)27-28(23(17)30)16-5-2-1-3-6-16/h1-12H,13H2,(H,27,29)/b17-12-. The second kappa shape index (κ2) is 9.14. The van der Waals surface area contributed by atoms with E-state index < -0.39 is 11.8 Å². The van der Waals surface area contributed by atoms with Gasteiger partial charge in [-0.25, -0.2) is 5.01 Å². The molecule has 2 amide bonds. The van der Waals surface area contributed by atoms with Crippen molar-refractivity contribution in [1.29, 1.82) is 0 Å². The third-order valence-electron chi connectivity index (χ3n) is 4.61. The summed E-state index contributed by atoms with van der Waals surface area (Å²) in [7, 11) is 0. The van der Waals surface area contributed by atoms with E-state index in [4.69, 9.17) is 27.9 Å². The number of rotatable bonds is 5. The number of hydrogen-bond donors (Lipinski definition) is 1. The quantitative estimate of drug-likeness (QED) is 0.344. The minimum Gasteiger partial charge on any atom is -0.488 e. The van der Waals surface area contributed by atoms with Gasteiger partial charge in [-0.15, -0.1) is 0 Å². The summed E-state index contributed by atoms with van der Waals surface area (Å²) in [6, 6.07) is 19.4. The summed E-state index contributed by atoms with van der Waals surface area (Å²) in [6.07, 6.45) is 1.51. The van der Waals surface area contributed by atoms with E-state index in [2.05, 4.69) is 21.4 Å². The molecule has 8 heteroatoms. The number of halogens is 3. The maximum absolute atomic E-state index is 12.9. The highest BCUT2D eigenvalue weighted by molar-refractivity contribution is 9.10. The summed E-state index contributed by atoms with van der Waals surface area (Å²) in [6.45, 7) is 0.132. The van der Waals surface area contributed by atoms with Crippen molar-refractivity contribution < 1.29 is 14.3 Å². The zero-order chi connectivity index (χ0) is 22.0. The Kier molecular flexibility index (Phi) is 6.32. The normalized spacial score (nSPS) is 14.8. The molecule has 0 radical (unpaired) electrons. The van der Waals surface area contributed by atoms with Crippen LogP contribution in [0.4, 0.5) is 5.69 Å². The molecular weight excluding hydrogens is 503 g/mol. The minimum atomic E-state index is -0.492. The number of hydrazine groups is 1. The number of carbonyl (C=O) groups excluding carboxylic acids is 2. The molecule has 1 fully saturated rings. The summed E-state index contributed by atoms with van der Waals surface area (Å²) < 4.78 is 6.71. The Morgan fingerprint density at radius 2 is 1.68 bits per heavy atom. The van der Waals surface area contributed by atoms with Crippen LogP contribution < -0.4 is 15.2 Å². The molecule has 0 bridgehead atoms. The molecule has 31 heavy (non-hydrogen) atoms. The molecule has 0 unspecified atom stereocenters. The molecule has 1 aliphatic heterocycles. The van der Waals surface area contributed by atoms with Gasteiger partial charge in [0, 0.05) is 25.6 Å². The van der Waals surface area contributed by atoms with E-state index >= 15 is 0 Å². The van der Waals surface area contributed by atoms with E-state index in [-0.39, 0.29) is 12.2 Å². The molecule has 156 valence electrons. The lowest BCUT2D eigenvalue weighted by Gasteiger charge is -2.14. The first kappa shape index (κ1) is 21.4. The van der Waals surface area contributed by atoms with Crippen LogP contribution in [0.5, 0.6) is 5.75 Å². The second-order valence-corrected chi connectivity index (χ2v) is 8.38. The SMILES string of the molecule is O=C1NN(c2ccccc2)C(=O)/C1=C\c1cc(Br)ccc1OCc1c(Cl)cccc1Cl. The highest BCUT2D eigenvalue weighted by atomic mass is 79.9. The van der Waals surface area contributed by atoms with Crippen molar-refractivity contribution in [3.63, 3.8) is 0 Å². The van der Waals surface area contributed by atoms with Gasteiger partial charge >= 0.3 is 0 Å². The number of benzene rings is 3. The smallest absolute Gasteiger partial charge is 0.282 e. The number of anilines is 1. The van der Waals surface area contributed by atoms with Crippen LogP contribution >= 0.6 is 39.1 Å². The Labute approximate surface area is 197 Å². The van der Waals surface area contributed by atoms with Crippen LogP contribution in [0.25, 0.3) is 6.08 Å². The highest BCUT2D eigenvalue weighted by Gasteiger charge is 2.34. The number of ether oxygens (including phenoxy) is 1. The Morgan fingerprint density at radius 3 is 2.39 bits per heavy atom. The molecule has 0 saturated carbocycles. The first-order valence-electron chi connectivity index (χ1n) is 9.21. The summed E-state index contributed by atoms with van der Waals surface area (Å²) in [5.41, 5.74) is 4.37. The first-order chi connectivity index (χ1) is 14.9. The highest BCUT2D eigenvalue weighted by Crippen LogP contribution is 2.31. The van der Waals surface area contributed by atoms with Crippen molar-refractivity contribution in [1.82, 2.24) is 5.43 Å². The van der Waals surface area contributed by atoms with E-state index in [1.165, 1.54) is 11.1 Å². The summed E-state index contributed by atoms with van der Waals surface area (Å²) >= 11 is 15.9. The third-order valence-corrected chi connectivity index (χ3v) is 5.81. The maximum Gasteiger partial charge on any atom is 0.282 e. The van der Waals surface area contributed by atoms with Crippen LogP contribution in [0.3, 0.4) is 0 Å². The topological polar surface area (TPSA) is 58.6 Å². The number of amides is 2. The lowest BCUT2D eigenvalue weighted by molar-refractivity contribution is -0.117. The predicted octanol–water partition coefficient (Wildman–Crippen LogP) is 5.80. The van der Waals surface area contributed by atoms with Crippen molar-refractivity contribution in [2.24, 2.45) is 0 Å². The molecular formula is C23H15BrCl2N2O3. The zero-order valence-corrected chi connectivity index (χ0v) is 19.0. The van der Waals surface area contributed by atoms with Crippen LogP contribution in [0.1, 0.15) is 11.1 Å². The van der Waals surface area contributed by atoms with Gasteiger partial charge in [-0.3, -0.25) is 15.0 Å². The monoisotopic (exact) mass is 516 g/mol. The van der Waals surface area contributed by atoms with Gasteiger partial charge in [-0.1, -0.05) is 63.4 Å². The average Bonchev–Trinajstić information content (AvgIpc) is 3.03. The van der Waals surface area contributed by atoms with Gasteiger partial charge in [-0.05, 0) is 48.5 Å². The van der Waals surface area contributed by atoms with Crippen LogP contribution in [-0.4, -0.2) is 11.8 Å². The molecule has 0 aliphatic carbocycles. The molecule has 3 aromatic rings. The molecule has 4 rings (SSSR count). The molecule has 1 saturated heterocycles. The third kappa shape index (κ3) is 4.61. The van der Waals surface area contributed by atoms with E-state index in [1.807, 2.05) is 6.07 Å². The van der Waals surface area contributed by atoms with E-state index in [0.717, 1.165) is 4.47 Å². The average molecular weight is 518 g/mol. The molecule has 1 aliphatic rings. The van der Waals surface area contributed by atoms with Gasteiger partial charge in [0.05, 0.1) is 5.69 Å². The molecule has 1 N–H and O–H groups in total. The first-order valence-corrected chi connectivity index (χ1v) is 10.8. The molecule has 0 aromatic heterocycles. The fourth-order valence-corrected chi connectivity index (χ4v) is 3.94. The van der Waals surface area contributed by atoms with E-state index in [0.29, 0.717) is 32.6 Å². The van der Waals surface area contributed by atoms with Gasteiger partial charge in [0.25, 0.3) is 11.8 Å². The largest absolute Gasteiger partial charge is 0.488 e. The van der Waals surface area contributed by atoms with E-state index in [9.17, 15) is 9.59 Å². The maximum atomic E-state index is 12.9. The van der Waals surface area contributed by atoms with Gasteiger partial charge in [0.15, 0.2) is 0 Å². The summed E-state index contributed by atoms with van der Waals surface area (Å²) in [5, 5.41) is 2.21. The molecule has 0 atom stereocenters. The van der Waals surface area contributed by atoms with Crippen LogP contribution in [-0.2, 0) is 16.2 Å². The van der Waals surface area contributed by atoms with Gasteiger partial charge in [0.1, 0.15) is 17.9 Å². The Morgan fingerprint density at radius 1 is 0.968 bits per heavy atom. The number of para-hydroxylation sites is 1. The Bertz CT molecular complexity index is 1180. The fourth-order valence-electron chi connectivity index (χ4n) is 3.06. The fraction of sp³-hybridized carbons (Fsp3) is 0.0435. The lowest BCUT2D eigenvalue weighted by Crippen LogP contribution is -2.35. The van der Waals surface area contributed by atoms with Crippen molar-refractivity contribution in [2.75, 3.05) is 5.01 Å². The molecule has 0 spiro atoms. The van der Waals surface area contributed by atoms with Crippen molar-refractivity contribution in [3.05, 3.63) is 97.9 Å². The summed E-state index contributed by atoms with van der Waals surface area (Å²) in [4.78, 5) is 25.4. The van der Waals surface area contributed by atoms with Crippen molar-refractivity contribution >= 4 is 62.7 Å². The van der Waals surface area contributed by atoms with Gasteiger partial charge in [0.2, 0.25) is 0 Å². The number of carbonyl (C=O) groups is 2. The summed E-state index contributed by atoms with van der Waals surface area (Å²) in [5.74, 6) is -0.462. The van der Waals surface area contributed by atoms with Crippen molar-refractivity contribution in [2.45, 2.75) is 6.61 Å². The minimum absolute atomic E-state index is 0.00239. The van der Waals surface area contributed by atoms with E-state index in [1.54, 1.807) is 60.7 Å². The predicted molar refractivity (Wildman–Crippen MR) is 125 cm³/mol. The Balaban J connectivity index is 1.64. The molecule has 3 aromatic carbocycles.